The molecule has 0 spiro atoms. The van der Waals surface area contributed by atoms with Crippen molar-refractivity contribution >= 4 is 0 Å². The lowest BCUT2D eigenvalue weighted by molar-refractivity contribution is 0.414. The van der Waals surface area contributed by atoms with E-state index in [2.05, 4.69) is 26.0 Å². The van der Waals surface area contributed by atoms with Crippen LogP contribution in [0.4, 0.5) is 0 Å². The van der Waals surface area contributed by atoms with Crippen molar-refractivity contribution in [1.29, 1.82) is 0 Å². The second-order valence-corrected chi connectivity index (χ2v) is 4.05. The molecule has 1 aromatic rings. The minimum atomic E-state index is 0.583. The number of nitrogens with two attached hydrogens (primary N) is 1. The molecule has 0 bridgehead atoms. The van der Waals surface area contributed by atoms with E-state index in [0.29, 0.717) is 5.92 Å². The third kappa shape index (κ3) is 3.24. The molecule has 0 aromatic heterocycles. The third-order valence-corrected chi connectivity index (χ3v) is 2.85. The highest BCUT2D eigenvalue weighted by Crippen LogP contribution is 2.26. The average Bonchev–Trinajstić information content (AvgIpc) is 2.25. The van der Waals surface area contributed by atoms with Crippen LogP contribution in [0.3, 0.4) is 0 Å². The van der Waals surface area contributed by atoms with Gasteiger partial charge in [0.2, 0.25) is 0 Å². The van der Waals surface area contributed by atoms with Gasteiger partial charge in [-0.15, -0.1) is 0 Å². The Morgan fingerprint density at radius 3 is 2.67 bits per heavy atom. The van der Waals surface area contributed by atoms with Gasteiger partial charge in [0.15, 0.2) is 0 Å². The molecule has 0 saturated carbocycles. The molecule has 0 aliphatic carbocycles. The summed E-state index contributed by atoms with van der Waals surface area (Å²) in [6.07, 6.45) is 2.25. The van der Waals surface area contributed by atoms with Crippen LogP contribution in [-0.2, 0) is 0 Å². The number of hydrogen-bond acceptors (Lipinski definition) is 2. The van der Waals surface area contributed by atoms with Crippen LogP contribution in [0.2, 0.25) is 0 Å². The molecule has 1 unspecified atom stereocenters. The Balaban J connectivity index is 2.76. The van der Waals surface area contributed by atoms with E-state index in [0.717, 1.165) is 25.1 Å². The highest BCUT2D eigenvalue weighted by atomic mass is 16.5. The van der Waals surface area contributed by atoms with Crippen molar-refractivity contribution in [2.45, 2.75) is 32.6 Å². The molecule has 2 heteroatoms. The fraction of sp³-hybridized carbons (Fsp3) is 0.538. The van der Waals surface area contributed by atoms with Gasteiger partial charge in [-0.05, 0) is 55.5 Å². The maximum absolute atomic E-state index is 5.52. The van der Waals surface area contributed by atoms with Crippen molar-refractivity contribution in [2.24, 2.45) is 5.73 Å². The van der Waals surface area contributed by atoms with Crippen molar-refractivity contribution in [2.75, 3.05) is 13.7 Å². The normalized spacial score (nSPS) is 12.5. The fourth-order valence-electron chi connectivity index (χ4n) is 1.91. The van der Waals surface area contributed by atoms with Gasteiger partial charge in [0.25, 0.3) is 0 Å². The maximum Gasteiger partial charge on any atom is 0.119 e. The van der Waals surface area contributed by atoms with Crippen LogP contribution in [0.1, 0.15) is 36.8 Å². The number of methoxy groups -OCH3 is 1. The van der Waals surface area contributed by atoms with Crippen molar-refractivity contribution < 1.29 is 4.74 Å². The Labute approximate surface area is 92.4 Å². The molecule has 0 heterocycles. The summed E-state index contributed by atoms with van der Waals surface area (Å²) in [4.78, 5) is 0. The first kappa shape index (κ1) is 12.1. The van der Waals surface area contributed by atoms with E-state index in [1.807, 2.05) is 6.07 Å². The van der Waals surface area contributed by atoms with Gasteiger partial charge < -0.3 is 10.5 Å². The summed E-state index contributed by atoms with van der Waals surface area (Å²) in [5.41, 5.74) is 8.23. The standard InChI is InChI=1S/C13H21NO/c1-10(5-4-8-14)13-7-6-12(15-3)9-11(13)2/h6-7,9-10H,4-5,8,14H2,1-3H3. The zero-order chi connectivity index (χ0) is 11.3. The monoisotopic (exact) mass is 207 g/mol. The first-order chi connectivity index (χ1) is 7.19. The van der Waals surface area contributed by atoms with E-state index in [1.165, 1.54) is 11.1 Å². The van der Waals surface area contributed by atoms with E-state index in [9.17, 15) is 0 Å². The van der Waals surface area contributed by atoms with E-state index in [1.54, 1.807) is 7.11 Å². The first-order valence-electron chi connectivity index (χ1n) is 5.53. The third-order valence-electron chi connectivity index (χ3n) is 2.85. The average molecular weight is 207 g/mol. The molecule has 84 valence electrons. The minimum Gasteiger partial charge on any atom is -0.497 e. The first-order valence-corrected chi connectivity index (χ1v) is 5.53. The molecule has 1 aromatic carbocycles. The van der Waals surface area contributed by atoms with Gasteiger partial charge in [0.1, 0.15) is 5.75 Å². The highest BCUT2D eigenvalue weighted by Gasteiger charge is 2.08. The molecule has 0 amide bonds. The Morgan fingerprint density at radius 1 is 1.40 bits per heavy atom. The van der Waals surface area contributed by atoms with Crippen LogP contribution in [-0.4, -0.2) is 13.7 Å². The van der Waals surface area contributed by atoms with Gasteiger partial charge in [0, 0.05) is 0 Å². The maximum atomic E-state index is 5.52. The molecule has 0 radical (unpaired) electrons. The van der Waals surface area contributed by atoms with Crippen LogP contribution in [0.25, 0.3) is 0 Å². The minimum absolute atomic E-state index is 0.583. The zero-order valence-corrected chi connectivity index (χ0v) is 9.92. The largest absolute Gasteiger partial charge is 0.497 e. The van der Waals surface area contributed by atoms with E-state index < -0.39 is 0 Å². The number of ether oxygens (including phenoxy) is 1. The molecule has 1 atom stereocenters. The van der Waals surface area contributed by atoms with Crippen LogP contribution >= 0.6 is 0 Å². The second kappa shape index (κ2) is 5.76. The summed E-state index contributed by atoms with van der Waals surface area (Å²) in [5.74, 6) is 1.52. The predicted octanol–water partition coefficient (Wildman–Crippen LogP) is 2.85. The van der Waals surface area contributed by atoms with Crippen molar-refractivity contribution in [1.82, 2.24) is 0 Å². The number of rotatable bonds is 5. The lowest BCUT2D eigenvalue weighted by atomic mass is 9.92. The lowest BCUT2D eigenvalue weighted by Crippen LogP contribution is -2.03. The molecule has 2 nitrogen and oxygen atoms in total. The van der Waals surface area contributed by atoms with Crippen LogP contribution in [0.15, 0.2) is 18.2 Å². The molecular weight excluding hydrogens is 186 g/mol. The zero-order valence-electron chi connectivity index (χ0n) is 9.92. The fourth-order valence-corrected chi connectivity index (χ4v) is 1.91. The SMILES string of the molecule is COc1ccc(C(C)CCCN)c(C)c1. The number of aryl methyl sites for hydroxylation is 1. The molecule has 2 N–H and O–H groups in total. The van der Waals surface area contributed by atoms with Gasteiger partial charge in [-0.1, -0.05) is 13.0 Å². The molecule has 0 aliphatic rings. The summed E-state index contributed by atoms with van der Waals surface area (Å²) >= 11 is 0. The van der Waals surface area contributed by atoms with E-state index in [4.69, 9.17) is 10.5 Å². The Hall–Kier alpha value is -1.02. The molecule has 0 aliphatic heterocycles. The quantitative estimate of drug-likeness (QED) is 0.805. The number of hydrogen-bond donors (Lipinski definition) is 1. The number of benzene rings is 1. The lowest BCUT2D eigenvalue weighted by Gasteiger charge is -2.15. The summed E-state index contributed by atoms with van der Waals surface area (Å²) in [7, 11) is 1.70. The van der Waals surface area contributed by atoms with Crippen LogP contribution in [0, 0.1) is 6.92 Å². The topological polar surface area (TPSA) is 35.2 Å². The summed E-state index contributed by atoms with van der Waals surface area (Å²) < 4.78 is 5.19. The van der Waals surface area contributed by atoms with Gasteiger partial charge in [0.05, 0.1) is 7.11 Å². The Bertz CT molecular complexity index is 309. The van der Waals surface area contributed by atoms with Gasteiger partial charge in [-0.2, -0.15) is 0 Å². The predicted molar refractivity (Wildman–Crippen MR) is 64.4 cm³/mol. The molecule has 0 fully saturated rings. The second-order valence-electron chi connectivity index (χ2n) is 4.05. The van der Waals surface area contributed by atoms with Crippen molar-refractivity contribution in [3.63, 3.8) is 0 Å². The van der Waals surface area contributed by atoms with Crippen LogP contribution in [0.5, 0.6) is 5.75 Å². The molecule has 15 heavy (non-hydrogen) atoms. The van der Waals surface area contributed by atoms with Gasteiger partial charge in [-0.3, -0.25) is 0 Å². The molecule has 1 rings (SSSR count). The van der Waals surface area contributed by atoms with Gasteiger partial charge in [-0.25, -0.2) is 0 Å². The smallest absolute Gasteiger partial charge is 0.119 e. The summed E-state index contributed by atoms with van der Waals surface area (Å²) in [6.45, 7) is 5.17. The van der Waals surface area contributed by atoms with Gasteiger partial charge >= 0.3 is 0 Å². The van der Waals surface area contributed by atoms with Crippen molar-refractivity contribution in [3.8, 4) is 5.75 Å². The Kier molecular flexibility index (Phi) is 4.63. The summed E-state index contributed by atoms with van der Waals surface area (Å²) in [6, 6.07) is 6.28. The van der Waals surface area contributed by atoms with Crippen LogP contribution < -0.4 is 10.5 Å². The summed E-state index contributed by atoms with van der Waals surface area (Å²) in [5, 5.41) is 0. The highest BCUT2D eigenvalue weighted by molar-refractivity contribution is 5.36. The Morgan fingerprint density at radius 2 is 2.13 bits per heavy atom. The van der Waals surface area contributed by atoms with Crippen molar-refractivity contribution in [3.05, 3.63) is 29.3 Å². The molecule has 0 saturated heterocycles. The van der Waals surface area contributed by atoms with E-state index >= 15 is 0 Å². The van der Waals surface area contributed by atoms with E-state index in [-0.39, 0.29) is 0 Å². The molecular formula is C13H21NO.